The number of nitrogens with zero attached hydrogens (tertiary/aromatic N) is 2. The molecule has 1 aliphatic rings. The summed E-state index contributed by atoms with van der Waals surface area (Å²) < 4.78 is 0. The Bertz CT molecular complexity index is 1280. The van der Waals surface area contributed by atoms with E-state index in [1.54, 1.807) is 12.1 Å². The number of hydrogen-bond donors (Lipinski definition) is 4. The van der Waals surface area contributed by atoms with Crippen LogP contribution in [0.3, 0.4) is 0 Å². The summed E-state index contributed by atoms with van der Waals surface area (Å²) in [7, 11) is 0. The van der Waals surface area contributed by atoms with Crippen LogP contribution >= 0.6 is 24.4 Å². The van der Waals surface area contributed by atoms with Gasteiger partial charge in [-0.2, -0.15) is 0 Å². The summed E-state index contributed by atoms with van der Waals surface area (Å²) in [6.07, 6.45) is 0.584. The highest BCUT2D eigenvalue weighted by molar-refractivity contribution is 7.80. The minimum Gasteiger partial charge on any atom is -0.332 e. The average Bonchev–Trinajstić information content (AvgIpc) is 2.81. The van der Waals surface area contributed by atoms with E-state index in [4.69, 9.17) is 24.4 Å². The molecule has 194 valence electrons. The quantitative estimate of drug-likeness (QED) is 0.228. The van der Waals surface area contributed by atoms with E-state index >= 15 is 0 Å². The number of non-ortho nitro benzene ring substituents is 2. The fourth-order valence-corrected chi connectivity index (χ4v) is 4.58. The number of anilines is 2. The summed E-state index contributed by atoms with van der Waals surface area (Å²) in [5.41, 5.74) is 0.0172. The van der Waals surface area contributed by atoms with Crippen molar-refractivity contribution >= 4 is 69.2 Å². The fraction of sp³-hybridized carbons (Fsp3) is 0.304. The normalized spacial score (nSPS) is 17.5. The number of amides is 2. The van der Waals surface area contributed by atoms with Crippen LogP contribution in [-0.2, 0) is 9.59 Å². The van der Waals surface area contributed by atoms with Crippen molar-refractivity contribution in [2.45, 2.75) is 26.7 Å². The third kappa shape index (κ3) is 7.01. The summed E-state index contributed by atoms with van der Waals surface area (Å²) in [6.45, 7) is 3.77. The molecule has 0 aromatic heterocycles. The highest BCUT2D eigenvalue weighted by Gasteiger charge is 2.52. The van der Waals surface area contributed by atoms with Crippen molar-refractivity contribution in [2.24, 2.45) is 17.3 Å². The first-order valence-corrected chi connectivity index (χ1v) is 11.9. The predicted octanol–water partition coefficient (Wildman–Crippen LogP) is 3.88. The fourth-order valence-electron chi connectivity index (χ4n) is 4.13. The smallest absolute Gasteiger partial charge is 0.271 e. The van der Waals surface area contributed by atoms with Gasteiger partial charge >= 0.3 is 0 Å². The number of thiocarbonyl (C=S) groups is 2. The standard InChI is InChI=1S/C23H24N6O6S2/c1-23(2)13(10-19(30)26-21(36)24-14-5-3-7-16(11-14)28(32)33)9-18(23)20(31)27-22(37)25-15-6-4-8-17(12-15)29(34)35/h3-8,11-13,18H,9-10H2,1-2H3,(H2,24,26,30,36)(H2,25,27,31,37)/t13-,18-/m1/s1. The number of carbonyl (C=O) groups excluding carboxylic acids is 2. The summed E-state index contributed by atoms with van der Waals surface area (Å²) in [5, 5.41) is 32.5. The van der Waals surface area contributed by atoms with Crippen LogP contribution in [-0.4, -0.2) is 31.9 Å². The summed E-state index contributed by atoms with van der Waals surface area (Å²) in [6, 6.07) is 11.5. The van der Waals surface area contributed by atoms with Gasteiger partial charge in [0, 0.05) is 48.0 Å². The maximum atomic E-state index is 12.8. The third-order valence-corrected chi connectivity index (χ3v) is 6.75. The second-order valence-electron chi connectivity index (χ2n) is 9.07. The molecule has 4 N–H and O–H groups in total. The van der Waals surface area contributed by atoms with Gasteiger partial charge in [-0.3, -0.25) is 29.8 Å². The molecule has 0 spiro atoms. The van der Waals surface area contributed by atoms with Crippen LogP contribution in [0, 0.1) is 37.5 Å². The van der Waals surface area contributed by atoms with Crippen LogP contribution in [0.5, 0.6) is 0 Å². The van der Waals surface area contributed by atoms with Gasteiger partial charge in [0.25, 0.3) is 11.4 Å². The van der Waals surface area contributed by atoms with E-state index in [0.717, 1.165) is 0 Å². The van der Waals surface area contributed by atoms with Gasteiger partial charge < -0.3 is 21.3 Å². The molecule has 0 radical (unpaired) electrons. The Morgan fingerprint density at radius 1 is 0.919 bits per heavy atom. The van der Waals surface area contributed by atoms with E-state index in [-0.39, 0.29) is 45.8 Å². The van der Waals surface area contributed by atoms with Gasteiger partial charge in [0.2, 0.25) is 11.8 Å². The highest BCUT2D eigenvalue weighted by Crippen LogP contribution is 2.52. The van der Waals surface area contributed by atoms with Crippen molar-refractivity contribution in [2.75, 3.05) is 10.6 Å². The SMILES string of the molecule is CC1(C)[C@@H](CC(=O)NC(=S)Nc2cccc([N+](=O)[O-])c2)C[C@@H]1C(=O)NC(=S)Nc1cccc([N+](=O)[O-])c1. The number of carbonyl (C=O) groups is 2. The first kappa shape index (κ1) is 27.5. The second-order valence-corrected chi connectivity index (χ2v) is 9.89. The molecule has 1 fully saturated rings. The topological polar surface area (TPSA) is 169 Å². The molecule has 2 aromatic carbocycles. The molecule has 2 aromatic rings. The number of nitrogens with one attached hydrogen (secondary N) is 4. The van der Waals surface area contributed by atoms with E-state index in [0.29, 0.717) is 17.8 Å². The number of nitro groups is 2. The van der Waals surface area contributed by atoms with Crippen LogP contribution in [0.4, 0.5) is 22.7 Å². The lowest BCUT2D eigenvalue weighted by Gasteiger charge is -2.51. The number of rotatable bonds is 7. The molecule has 37 heavy (non-hydrogen) atoms. The molecule has 0 aliphatic heterocycles. The van der Waals surface area contributed by atoms with Crippen molar-refractivity contribution in [3.8, 4) is 0 Å². The zero-order valence-electron chi connectivity index (χ0n) is 19.8. The van der Waals surface area contributed by atoms with Gasteiger partial charge in [0.1, 0.15) is 0 Å². The largest absolute Gasteiger partial charge is 0.332 e. The molecule has 0 heterocycles. The first-order valence-electron chi connectivity index (χ1n) is 11.1. The minimum atomic E-state index is -0.533. The molecule has 2 amide bonds. The van der Waals surface area contributed by atoms with Crippen molar-refractivity contribution in [3.63, 3.8) is 0 Å². The van der Waals surface area contributed by atoms with Gasteiger partial charge in [-0.25, -0.2) is 0 Å². The Morgan fingerprint density at radius 2 is 1.41 bits per heavy atom. The lowest BCUT2D eigenvalue weighted by Crippen LogP contribution is -2.55. The van der Waals surface area contributed by atoms with E-state index < -0.39 is 21.2 Å². The molecule has 14 heteroatoms. The molecule has 12 nitrogen and oxygen atoms in total. The molecule has 1 aliphatic carbocycles. The third-order valence-electron chi connectivity index (χ3n) is 6.34. The maximum absolute atomic E-state index is 12.8. The average molecular weight is 545 g/mol. The highest BCUT2D eigenvalue weighted by atomic mass is 32.1. The van der Waals surface area contributed by atoms with E-state index in [1.807, 2.05) is 13.8 Å². The van der Waals surface area contributed by atoms with E-state index in [1.165, 1.54) is 36.4 Å². The molecule has 0 unspecified atom stereocenters. The van der Waals surface area contributed by atoms with E-state index in [2.05, 4.69) is 21.3 Å². The maximum Gasteiger partial charge on any atom is 0.271 e. The molecular formula is C23H24N6O6S2. The van der Waals surface area contributed by atoms with E-state index in [9.17, 15) is 29.8 Å². The Morgan fingerprint density at radius 3 is 1.86 bits per heavy atom. The summed E-state index contributed by atoms with van der Waals surface area (Å²) in [5.74, 6) is -1.15. The number of benzene rings is 2. The van der Waals surface area contributed by atoms with Crippen LogP contribution in [0.2, 0.25) is 0 Å². The second kappa shape index (κ2) is 11.3. The molecule has 0 saturated heterocycles. The van der Waals surface area contributed by atoms with Crippen molar-refractivity contribution in [1.29, 1.82) is 0 Å². The predicted molar refractivity (Wildman–Crippen MR) is 145 cm³/mol. The molecule has 0 bridgehead atoms. The van der Waals surface area contributed by atoms with Crippen LogP contribution in [0.25, 0.3) is 0 Å². The van der Waals surface area contributed by atoms with Gasteiger partial charge in [-0.15, -0.1) is 0 Å². The van der Waals surface area contributed by atoms with Crippen molar-refractivity contribution < 1.29 is 19.4 Å². The van der Waals surface area contributed by atoms with Crippen molar-refractivity contribution in [1.82, 2.24) is 10.6 Å². The molecule has 3 rings (SSSR count). The minimum absolute atomic E-state index is 0.00879. The van der Waals surface area contributed by atoms with Gasteiger partial charge in [0.15, 0.2) is 10.2 Å². The lowest BCUT2D eigenvalue weighted by molar-refractivity contribution is -0.385. The van der Waals surface area contributed by atoms with Crippen molar-refractivity contribution in [3.05, 3.63) is 68.8 Å². The van der Waals surface area contributed by atoms with Gasteiger partial charge in [0.05, 0.1) is 9.85 Å². The van der Waals surface area contributed by atoms with Gasteiger partial charge in [-0.05, 0) is 54.3 Å². The summed E-state index contributed by atoms with van der Waals surface area (Å²) in [4.78, 5) is 46.1. The van der Waals surface area contributed by atoms with Crippen LogP contribution < -0.4 is 21.3 Å². The van der Waals surface area contributed by atoms with Crippen LogP contribution in [0.15, 0.2) is 48.5 Å². The number of hydrogen-bond acceptors (Lipinski definition) is 8. The lowest BCUT2D eigenvalue weighted by atomic mass is 9.53. The zero-order chi connectivity index (χ0) is 27.3. The summed E-state index contributed by atoms with van der Waals surface area (Å²) >= 11 is 10.3. The Labute approximate surface area is 222 Å². The monoisotopic (exact) mass is 544 g/mol. The molecule has 1 saturated carbocycles. The van der Waals surface area contributed by atoms with Gasteiger partial charge in [-0.1, -0.05) is 26.0 Å². The number of nitro benzene ring substituents is 2. The Balaban J connectivity index is 1.48. The molecule has 2 atom stereocenters. The molecular weight excluding hydrogens is 520 g/mol. The zero-order valence-corrected chi connectivity index (χ0v) is 21.5. The van der Waals surface area contributed by atoms with Crippen LogP contribution in [0.1, 0.15) is 26.7 Å². The Kier molecular flexibility index (Phi) is 8.45. The Hall–Kier alpha value is -4.04. The first-order chi connectivity index (χ1) is 17.4.